The smallest absolute Gasteiger partial charge is 0.462 e. The normalized spacial score (nSPS) is 14.4. The quantitative estimate of drug-likeness (QED) is 0.0222. The number of carbonyl (C=O) groups is 4. The van der Waals surface area contributed by atoms with Crippen LogP contribution in [0.2, 0.25) is 0 Å². The van der Waals surface area contributed by atoms with E-state index in [1.165, 1.54) is 103 Å². The summed E-state index contributed by atoms with van der Waals surface area (Å²) in [5, 5.41) is 10.5. The maximum Gasteiger partial charge on any atom is 0.472 e. The Kier molecular flexibility index (Phi) is 53.0. The molecule has 83 heavy (non-hydrogen) atoms. The van der Waals surface area contributed by atoms with Crippen LogP contribution in [0.1, 0.15) is 306 Å². The Morgan fingerprint density at radius 2 is 0.506 bits per heavy atom. The van der Waals surface area contributed by atoms with Crippen LogP contribution in [0.5, 0.6) is 0 Å². The molecule has 0 fully saturated rings. The van der Waals surface area contributed by atoms with Gasteiger partial charge in [0.15, 0.2) is 12.2 Å². The average Bonchev–Trinajstić information content (AvgIpc) is 3.43. The number of carbonyl (C=O) groups excluding carboxylic acids is 4. The third-order valence-electron chi connectivity index (χ3n) is 14.6. The van der Waals surface area contributed by atoms with Crippen LogP contribution >= 0.6 is 15.6 Å². The molecule has 19 heteroatoms. The summed E-state index contributed by atoms with van der Waals surface area (Å²) in [4.78, 5) is 72.2. The van der Waals surface area contributed by atoms with Gasteiger partial charge in [-0.2, -0.15) is 0 Å². The van der Waals surface area contributed by atoms with E-state index in [2.05, 4.69) is 55.4 Å². The zero-order valence-electron chi connectivity index (χ0n) is 53.8. The van der Waals surface area contributed by atoms with Crippen LogP contribution in [-0.2, 0) is 65.4 Å². The van der Waals surface area contributed by atoms with Crippen molar-refractivity contribution in [2.45, 2.75) is 324 Å². The summed E-state index contributed by atoms with van der Waals surface area (Å²) in [7, 11) is -9.89. The summed E-state index contributed by atoms with van der Waals surface area (Å²) in [5.74, 6) is 0.701. The Labute approximate surface area is 505 Å². The molecule has 0 heterocycles. The van der Waals surface area contributed by atoms with Gasteiger partial charge in [-0.25, -0.2) is 9.13 Å². The summed E-state index contributed by atoms with van der Waals surface area (Å²) >= 11 is 0. The van der Waals surface area contributed by atoms with Crippen molar-refractivity contribution >= 4 is 39.5 Å². The van der Waals surface area contributed by atoms with Gasteiger partial charge in [0.1, 0.15) is 19.3 Å². The first-order valence-electron chi connectivity index (χ1n) is 33.2. The fourth-order valence-electron chi connectivity index (χ4n) is 9.43. The van der Waals surface area contributed by atoms with Gasteiger partial charge in [0.05, 0.1) is 26.4 Å². The molecule has 0 radical (unpaired) electrons. The number of aliphatic hydroxyl groups is 1. The molecular formula is C64H124O17P2. The Morgan fingerprint density at radius 3 is 0.747 bits per heavy atom. The van der Waals surface area contributed by atoms with Crippen molar-refractivity contribution < 1.29 is 80.2 Å². The van der Waals surface area contributed by atoms with Crippen molar-refractivity contribution in [3.05, 3.63) is 0 Å². The van der Waals surface area contributed by atoms with Gasteiger partial charge in [-0.3, -0.25) is 37.3 Å². The van der Waals surface area contributed by atoms with Gasteiger partial charge >= 0.3 is 39.5 Å². The summed E-state index contributed by atoms with van der Waals surface area (Å²) < 4.78 is 67.9. The second kappa shape index (κ2) is 54.2. The average molecular weight is 1230 g/mol. The van der Waals surface area contributed by atoms with E-state index in [1.807, 2.05) is 0 Å². The molecule has 0 saturated carbocycles. The zero-order valence-corrected chi connectivity index (χ0v) is 55.6. The molecule has 0 saturated heterocycles. The van der Waals surface area contributed by atoms with Gasteiger partial charge in [0.2, 0.25) is 0 Å². The molecule has 0 aliphatic rings. The molecule has 0 rings (SSSR count). The Bertz CT molecular complexity index is 1660. The molecule has 0 bridgehead atoms. The first-order chi connectivity index (χ1) is 39.6. The molecule has 0 amide bonds. The number of aliphatic hydroxyl groups excluding tert-OH is 1. The van der Waals surface area contributed by atoms with Crippen molar-refractivity contribution in [2.24, 2.45) is 23.7 Å². The molecule has 492 valence electrons. The topological polar surface area (TPSA) is 237 Å². The van der Waals surface area contributed by atoms with Gasteiger partial charge in [0, 0.05) is 25.7 Å². The lowest BCUT2D eigenvalue weighted by Crippen LogP contribution is -2.30. The molecule has 0 aliphatic carbocycles. The third kappa shape index (κ3) is 58.8. The molecule has 2 unspecified atom stereocenters. The summed E-state index contributed by atoms with van der Waals surface area (Å²) in [6.07, 6.45) is 33.8. The number of hydrogen-bond acceptors (Lipinski definition) is 15. The lowest BCUT2D eigenvalue weighted by Gasteiger charge is -2.21. The first-order valence-corrected chi connectivity index (χ1v) is 36.2. The largest absolute Gasteiger partial charge is 0.472 e. The number of phosphoric ester groups is 2. The van der Waals surface area contributed by atoms with E-state index in [0.29, 0.717) is 37.5 Å². The number of phosphoric acid groups is 2. The van der Waals surface area contributed by atoms with Crippen molar-refractivity contribution in [1.29, 1.82) is 0 Å². The lowest BCUT2D eigenvalue weighted by atomic mass is 10.0. The van der Waals surface area contributed by atoms with Crippen molar-refractivity contribution in [1.82, 2.24) is 0 Å². The van der Waals surface area contributed by atoms with Gasteiger partial charge in [0.25, 0.3) is 0 Å². The Balaban J connectivity index is 5.23. The molecule has 0 aliphatic heterocycles. The van der Waals surface area contributed by atoms with E-state index in [4.69, 9.17) is 37.0 Å². The second-order valence-electron chi connectivity index (χ2n) is 25.1. The fourth-order valence-corrected chi connectivity index (χ4v) is 11.0. The van der Waals surface area contributed by atoms with Crippen LogP contribution in [0.3, 0.4) is 0 Å². The van der Waals surface area contributed by atoms with Crippen LogP contribution in [0.4, 0.5) is 0 Å². The van der Waals surface area contributed by atoms with E-state index < -0.39 is 97.5 Å². The molecular weight excluding hydrogens is 1100 g/mol. The minimum Gasteiger partial charge on any atom is -0.462 e. The van der Waals surface area contributed by atoms with Gasteiger partial charge < -0.3 is 33.8 Å². The number of rotatable bonds is 61. The van der Waals surface area contributed by atoms with E-state index >= 15 is 0 Å². The number of esters is 4. The highest BCUT2D eigenvalue weighted by Gasteiger charge is 2.30. The summed E-state index contributed by atoms with van der Waals surface area (Å²) in [5.41, 5.74) is 0. The fraction of sp³-hybridized carbons (Fsp3) is 0.938. The van der Waals surface area contributed by atoms with E-state index in [0.717, 1.165) is 108 Å². The van der Waals surface area contributed by atoms with Gasteiger partial charge in [-0.05, 0) is 49.4 Å². The van der Waals surface area contributed by atoms with Crippen LogP contribution in [0.15, 0.2) is 0 Å². The predicted molar refractivity (Wildman–Crippen MR) is 331 cm³/mol. The third-order valence-corrected chi connectivity index (χ3v) is 16.5. The zero-order chi connectivity index (χ0) is 61.8. The summed E-state index contributed by atoms with van der Waals surface area (Å²) in [6, 6.07) is 0. The summed E-state index contributed by atoms with van der Waals surface area (Å²) in [6.45, 7) is 13.9. The highest BCUT2D eigenvalue weighted by Crippen LogP contribution is 2.45. The standard InChI is InChI=1S/C64H124O17P2/c1-54(2)40-32-24-16-12-9-10-14-19-30-38-46-63(68)80-59(51-75-62(67)45-37-29-22-20-26-34-42-56(5)6)52-78-82(70,71)76-48-58(65)49-77-83(72,73)79-53-60(81-64(69)47-39-31-23-21-27-35-43-57(7)8)50-74-61(66)44-36-28-18-15-11-13-17-25-33-41-55(3)4/h54-60,65H,9-53H2,1-8H3,(H,70,71)(H,72,73)/t58-,59+,60+/m0/s1. The number of unbranched alkanes of at least 4 members (excludes halogenated alkanes) is 27. The van der Waals surface area contributed by atoms with Crippen LogP contribution in [0.25, 0.3) is 0 Å². The lowest BCUT2D eigenvalue weighted by molar-refractivity contribution is -0.161. The molecule has 0 aromatic rings. The van der Waals surface area contributed by atoms with Crippen LogP contribution in [-0.4, -0.2) is 96.7 Å². The van der Waals surface area contributed by atoms with Crippen LogP contribution < -0.4 is 0 Å². The SMILES string of the molecule is CC(C)CCCCCCCCCCCCC(=O)O[C@H](COC(=O)CCCCCCCCC(C)C)COP(=O)(O)OC[C@H](O)COP(=O)(O)OC[C@@H](COC(=O)CCCCCCCCCCCC(C)C)OC(=O)CCCCCCCCC(C)C. The molecule has 3 N–H and O–H groups in total. The molecule has 0 aromatic carbocycles. The number of hydrogen-bond donors (Lipinski definition) is 3. The van der Waals surface area contributed by atoms with Crippen molar-refractivity contribution in [3.8, 4) is 0 Å². The van der Waals surface area contributed by atoms with Crippen molar-refractivity contribution in [3.63, 3.8) is 0 Å². The Morgan fingerprint density at radius 1 is 0.301 bits per heavy atom. The maximum absolute atomic E-state index is 13.0. The minimum absolute atomic E-state index is 0.101. The molecule has 0 spiro atoms. The second-order valence-corrected chi connectivity index (χ2v) is 28.0. The van der Waals surface area contributed by atoms with Crippen LogP contribution in [0, 0.1) is 23.7 Å². The molecule has 0 aromatic heterocycles. The van der Waals surface area contributed by atoms with Gasteiger partial charge in [-0.15, -0.1) is 0 Å². The van der Waals surface area contributed by atoms with E-state index in [9.17, 15) is 43.2 Å². The van der Waals surface area contributed by atoms with Gasteiger partial charge in [-0.1, -0.05) is 254 Å². The van der Waals surface area contributed by atoms with E-state index in [1.54, 1.807) is 0 Å². The van der Waals surface area contributed by atoms with Crippen molar-refractivity contribution in [2.75, 3.05) is 39.6 Å². The highest BCUT2D eigenvalue weighted by atomic mass is 31.2. The first kappa shape index (κ1) is 81.1. The Hall–Kier alpha value is -1.94. The van der Waals surface area contributed by atoms with E-state index in [-0.39, 0.29) is 25.7 Å². The monoisotopic (exact) mass is 1230 g/mol. The maximum atomic E-state index is 13.0. The highest BCUT2D eigenvalue weighted by molar-refractivity contribution is 7.47. The predicted octanol–water partition coefficient (Wildman–Crippen LogP) is 17.4. The minimum atomic E-state index is -4.94. The number of ether oxygens (including phenoxy) is 4. The molecule has 17 nitrogen and oxygen atoms in total. The molecule has 5 atom stereocenters.